The van der Waals surface area contributed by atoms with E-state index >= 15 is 0 Å². The molecule has 2 N–H and O–H groups in total. The monoisotopic (exact) mass is 365 g/mol. The maximum absolute atomic E-state index is 12.2. The van der Waals surface area contributed by atoms with Gasteiger partial charge in [0.05, 0.1) is 0 Å². The molecule has 2 aromatic rings. The molecule has 2 aromatic carbocycles. The Hall–Kier alpha value is -2.69. The summed E-state index contributed by atoms with van der Waals surface area (Å²) in [6, 6.07) is 13.3. The van der Waals surface area contributed by atoms with Gasteiger partial charge in [-0.25, -0.2) is 5.43 Å². The average Bonchev–Trinajstić information content (AvgIpc) is 2.66. The first-order chi connectivity index (χ1) is 12.8. The van der Waals surface area contributed by atoms with Crippen molar-refractivity contribution in [2.45, 2.75) is 46.5 Å². The van der Waals surface area contributed by atoms with E-state index in [2.05, 4.69) is 36.6 Å². The molecule has 0 radical (unpaired) electrons. The van der Waals surface area contributed by atoms with Gasteiger partial charge in [-0.3, -0.25) is 9.59 Å². The molecule has 0 heterocycles. The number of fused-ring (bicyclic) bond motifs is 1. The quantitative estimate of drug-likeness (QED) is 0.608. The van der Waals surface area contributed by atoms with Crippen LogP contribution < -0.4 is 10.7 Å². The smallest absolute Gasteiger partial charge is 0.317 e. The molecule has 1 aliphatic carbocycles. The largest absolute Gasteiger partial charge is 0.329 e. The van der Waals surface area contributed by atoms with Crippen LogP contribution in [0.4, 0.5) is 5.69 Å². The lowest BCUT2D eigenvalue weighted by molar-refractivity contribution is -0.136. The Balaban J connectivity index is 1.58. The van der Waals surface area contributed by atoms with E-state index in [1.807, 2.05) is 36.4 Å². The molecule has 0 aromatic heterocycles. The highest BCUT2D eigenvalue weighted by Gasteiger charge is 2.28. The summed E-state index contributed by atoms with van der Waals surface area (Å²) < 4.78 is 0. The van der Waals surface area contributed by atoms with Crippen LogP contribution in [0.25, 0.3) is 10.8 Å². The van der Waals surface area contributed by atoms with Gasteiger partial charge in [-0.1, -0.05) is 57.2 Å². The maximum atomic E-state index is 12.2. The van der Waals surface area contributed by atoms with Crippen molar-refractivity contribution in [3.63, 3.8) is 0 Å². The molecule has 142 valence electrons. The number of hydrogen-bond donors (Lipinski definition) is 2. The van der Waals surface area contributed by atoms with Crippen molar-refractivity contribution in [2.75, 3.05) is 5.32 Å². The van der Waals surface area contributed by atoms with E-state index in [1.165, 1.54) is 0 Å². The SMILES string of the molecule is CC(C)(C)C1CCC(=NNC(=O)C(=O)Nc2cccc3ccccc23)CC1. The molecule has 0 atom stereocenters. The molecule has 0 bridgehead atoms. The van der Waals surface area contributed by atoms with Crippen LogP contribution in [0.1, 0.15) is 46.5 Å². The topological polar surface area (TPSA) is 70.6 Å². The third-order valence-electron chi connectivity index (χ3n) is 5.35. The molecule has 2 amide bonds. The van der Waals surface area contributed by atoms with Crippen LogP contribution >= 0.6 is 0 Å². The molecule has 0 saturated heterocycles. The van der Waals surface area contributed by atoms with Crippen LogP contribution in [0.5, 0.6) is 0 Å². The first-order valence-corrected chi connectivity index (χ1v) is 9.49. The summed E-state index contributed by atoms with van der Waals surface area (Å²) in [5.41, 5.74) is 4.29. The Kier molecular flexibility index (Phi) is 5.59. The number of amides is 2. The van der Waals surface area contributed by atoms with E-state index in [9.17, 15) is 9.59 Å². The van der Waals surface area contributed by atoms with E-state index in [-0.39, 0.29) is 0 Å². The zero-order chi connectivity index (χ0) is 19.4. The fourth-order valence-corrected chi connectivity index (χ4v) is 3.62. The van der Waals surface area contributed by atoms with Crippen molar-refractivity contribution >= 4 is 34.0 Å². The summed E-state index contributed by atoms with van der Waals surface area (Å²) in [6.45, 7) is 6.79. The molecular formula is C22H27N3O2. The third kappa shape index (κ3) is 4.73. The molecule has 27 heavy (non-hydrogen) atoms. The van der Waals surface area contributed by atoms with Crippen molar-refractivity contribution in [1.82, 2.24) is 5.43 Å². The van der Waals surface area contributed by atoms with Gasteiger partial charge in [-0.05, 0) is 48.5 Å². The van der Waals surface area contributed by atoms with E-state index < -0.39 is 11.8 Å². The van der Waals surface area contributed by atoms with Crippen molar-refractivity contribution < 1.29 is 9.59 Å². The second kappa shape index (κ2) is 7.91. The fourth-order valence-electron chi connectivity index (χ4n) is 3.62. The molecular weight excluding hydrogens is 338 g/mol. The molecule has 5 nitrogen and oxygen atoms in total. The summed E-state index contributed by atoms with van der Waals surface area (Å²) in [7, 11) is 0. The number of nitrogens with zero attached hydrogens (tertiary/aromatic N) is 1. The predicted molar refractivity (Wildman–Crippen MR) is 110 cm³/mol. The number of rotatable bonds is 2. The zero-order valence-electron chi connectivity index (χ0n) is 16.2. The summed E-state index contributed by atoms with van der Waals surface area (Å²) in [4.78, 5) is 24.3. The Morgan fingerprint density at radius 2 is 1.63 bits per heavy atom. The third-order valence-corrected chi connectivity index (χ3v) is 5.35. The van der Waals surface area contributed by atoms with Crippen molar-refractivity contribution in [3.05, 3.63) is 42.5 Å². The van der Waals surface area contributed by atoms with E-state index in [0.29, 0.717) is 17.0 Å². The van der Waals surface area contributed by atoms with E-state index in [0.717, 1.165) is 42.2 Å². The Bertz CT molecular complexity index is 865. The highest BCUT2D eigenvalue weighted by molar-refractivity contribution is 6.40. The van der Waals surface area contributed by atoms with Crippen molar-refractivity contribution in [1.29, 1.82) is 0 Å². The maximum Gasteiger partial charge on any atom is 0.329 e. The molecule has 5 heteroatoms. The van der Waals surface area contributed by atoms with Gasteiger partial charge < -0.3 is 5.32 Å². The fraction of sp³-hybridized carbons (Fsp3) is 0.409. The molecule has 1 fully saturated rings. The summed E-state index contributed by atoms with van der Waals surface area (Å²) in [6.07, 6.45) is 3.88. The molecule has 0 spiro atoms. The average molecular weight is 365 g/mol. The number of carbonyl (C=O) groups is 2. The van der Waals surface area contributed by atoms with Gasteiger partial charge in [-0.15, -0.1) is 0 Å². The second-order valence-electron chi connectivity index (χ2n) is 8.24. The van der Waals surface area contributed by atoms with Gasteiger partial charge >= 0.3 is 11.8 Å². The molecule has 1 aliphatic rings. The van der Waals surface area contributed by atoms with Gasteiger partial charge in [-0.2, -0.15) is 5.10 Å². The van der Waals surface area contributed by atoms with E-state index in [4.69, 9.17) is 0 Å². The van der Waals surface area contributed by atoms with Crippen LogP contribution in [0.15, 0.2) is 47.6 Å². The van der Waals surface area contributed by atoms with Crippen LogP contribution in [0.3, 0.4) is 0 Å². The Labute approximate surface area is 160 Å². The highest BCUT2D eigenvalue weighted by atomic mass is 16.2. The minimum absolute atomic E-state index is 0.299. The number of hydrogen-bond acceptors (Lipinski definition) is 3. The first kappa shape index (κ1) is 19.1. The normalized spacial score (nSPS) is 17.4. The van der Waals surface area contributed by atoms with Gasteiger partial charge in [0.1, 0.15) is 0 Å². The van der Waals surface area contributed by atoms with Gasteiger partial charge in [0.25, 0.3) is 0 Å². The second-order valence-corrected chi connectivity index (χ2v) is 8.24. The first-order valence-electron chi connectivity index (χ1n) is 9.49. The van der Waals surface area contributed by atoms with Crippen LogP contribution in [0.2, 0.25) is 0 Å². The number of nitrogens with one attached hydrogen (secondary N) is 2. The molecule has 1 saturated carbocycles. The number of hydrazone groups is 1. The lowest BCUT2D eigenvalue weighted by atomic mass is 9.72. The zero-order valence-corrected chi connectivity index (χ0v) is 16.2. The van der Waals surface area contributed by atoms with Gasteiger partial charge in [0.15, 0.2) is 0 Å². The Morgan fingerprint density at radius 3 is 2.33 bits per heavy atom. The number of benzene rings is 2. The number of anilines is 1. The molecule has 0 aliphatic heterocycles. The van der Waals surface area contributed by atoms with Crippen LogP contribution in [-0.2, 0) is 9.59 Å². The molecule has 0 unspecified atom stereocenters. The molecule has 3 rings (SSSR count). The van der Waals surface area contributed by atoms with Crippen molar-refractivity contribution in [3.8, 4) is 0 Å². The van der Waals surface area contributed by atoms with Gasteiger partial charge in [0, 0.05) is 16.8 Å². The number of carbonyl (C=O) groups excluding carboxylic acids is 2. The lowest BCUT2D eigenvalue weighted by Gasteiger charge is -2.34. The summed E-state index contributed by atoms with van der Waals surface area (Å²) in [5, 5.41) is 8.76. The Morgan fingerprint density at radius 1 is 0.963 bits per heavy atom. The predicted octanol–water partition coefficient (Wildman–Crippen LogP) is 4.49. The minimum Gasteiger partial charge on any atom is -0.317 e. The van der Waals surface area contributed by atoms with Gasteiger partial charge in [0.2, 0.25) is 0 Å². The van der Waals surface area contributed by atoms with E-state index in [1.54, 1.807) is 6.07 Å². The van der Waals surface area contributed by atoms with Crippen LogP contribution in [0, 0.1) is 11.3 Å². The standard InChI is InChI=1S/C22H27N3O2/c1-22(2,3)16-11-13-17(14-12-16)24-25-21(27)20(26)23-19-10-6-8-15-7-4-5-9-18(15)19/h4-10,16H,11-14H2,1-3H3,(H,23,26)(H,25,27). The lowest BCUT2D eigenvalue weighted by Crippen LogP contribution is -2.34. The van der Waals surface area contributed by atoms with Crippen molar-refractivity contribution in [2.24, 2.45) is 16.4 Å². The van der Waals surface area contributed by atoms with Crippen LogP contribution in [-0.4, -0.2) is 17.5 Å². The minimum atomic E-state index is -0.742. The summed E-state index contributed by atoms with van der Waals surface area (Å²) in [5.74, 6) is -0.783. The summed E-state index contributed by atoms with van der Waals surface area (Å²) >= 11 is 0. The highest BCUT2D eigenvalue weighted by Crippen LogP contribution is 2.36.